The summed E-state index contributed by atoms with van der Waals surface area (Å²) in [5.74, 6) is -0.878. The molecule has 2 N–H and O–H groups in total. The van der Waals surface area contributed by atoms with Crippen molar-refractivity contribution >= 4 is 41.6 Å². The lowest BCUT2D eigenvalue weighted by atomic mass is 10.1. The maximum absolute atomic E-state index is 11.8. The fraction of sp³-hybridized carbons (Fsp3) is 0.308. The van der Waals surface area contributed by atoms with E-state index < -0.39 is 12.0 Å². The number of thiocarbonyl (C=S) groups is 1. The molecule has 102 valence electrons. The monoisotopic (exact) mass is 297 g/mol. The normalized spacial score (nSPS) is 11.6. The highest BCUT2D eigenvalue weighted by molar-refractivity contribution is 7.80. The summed E-state index contributed by atoms with van der Waals surface area (Å²) >= 11 is 8.95. The summed E-state index contributed by atoms with van der Waals surface area (Å²) in [7, 11) is 0. The number of thiol groups is 1. The number of Topliss-reactive ketones (excluding diaryl/α,β-unsaturated/α-hetero) is 1. The number of benzene rings is 1. The van der Waals surface area contributed by atoms with E-state index in [0.717, 1.165) is 0 Å². The first-order valence-electron chi connectivity index (χ1n) is 5.76. The molecule has 0 bridgehead atoms. The van der Waals surface area contributed by atoms with Crippen LogP contribution in [0.2, 0.25) is 0 Å². The van der Waals surface area contributed by atoms with Crippen molar-refractivity contribution in [3.05, 3.63) is 35.9 Å². The Morgan fingerprint density at radius 2 is 1.89 bits per heavy atom. The molecule has 1 rings (SSSR count). The average molecular weight is 297 g/mol. The molecule has 0 aliphatic rings. The Balaban J connectivity index is 2.42. The number of hydrogen-bond donors (Lipinski definition) is 3. The van der Waals surface area contributed by atoms with Gasteiger partial charge in [-0.3, -0.25) is 4.79 Å². The lowest BCUT2D eigenvalue weighted by Gasteiger charge is -2.13. The molecule has 1 aromatic carbocycles. The van der Waals surface area contributed by atoms with Gasteiger partial charge in [0.05, 0.1) is 4.99 Å². The number of carbonyl (C=O) groups excluding carboxylic acids is 1. The molecular formula is C13H15NO3S2. The van der Waals surface area contributed by atoms with Crippen molar-refractivity contribution in [1.82, 2.24) is 5.32 Å². The van der Waals surface area contributed by atoms with Gasteiger partial charge in [-0.25, -0.2) is 4.79 Å². The average Bonchev–Trinajstić information content (AvgIpc) is 2.42. The van der Waals surface area contributed by atoms with Gasteiger partial charge >= 0.3 is 5.97 Å². The van der Waals surface area contributed by atoms with Crippen LogP contribution in [0.3, 0.4) is 0 Å². The van der Waals surface area contributed by atoms with Crippen LogP contribution in [0.25, 0.3) is 0 Å². The standard InChI is InChI=1S/C13H15NO3S2/c15-11(9-4-2-1-3-5-9)6-7-12(19)14-10(8-18)13(16)17/h1-5,10,18H,6-8H2,(H,14,19)(H,16,17)/t10-/m0/s1. The van der Waals surface area contributed by atoms with Gasteiger partial charge in [0.1, 0.15) is 6.04 Å². The van der Waals surface area contributed by atoms with Crippen molar-refractivity contribution in [2.24, 2.45) is 0 Å². The van der Waals surface area contributed by atoms with Crippen LogP contribution in [0.15, 0.2) is 30.3 Å². The first kappa shape index (κ1) is 15.7. The number of carbonyl (C=O) groups is 2. The molecular weight excluding hydrogens is 282 g/mol. The van der Waals surface area contributed by atoms with Gasteiger partial charge in [-0.1, -0.05) is 42.5 Å². The maximum atomic E-state index is 11.8. The number of rotatable bonds is 7. The van der Waals surface area contributed by atoms with E-state index in [1.807, 2.05) is 6.07 Å². The smallest absolute Gasteiger partial charge is 0.326 e. The molecule has 0 heterocycles. The fourth-order valence-electron chi connectivity index (χ4n) is 1.45. The molecule has 0 unspecified atom stereocenters. The third-order valence-electron chi connectivity index (χ3n) is 2.49. The van der Waals surface area contributed by atoms with Crippen molar-refractivity contribution in [1.29, 1.82) is 0 Å². The van der Waals surface area contributed by atoms with Gasteiger partial charge in [-0.15, -0.1) is 0 Å². The summed E-state index contributed by atoms with van der Waals surface area (Å²) in [5.41, 5.74) is 0.634. The summed E-state index contributed by atoms with van der Waals surface area (Å²) in [5, 5.41) is 11.5. The highest BCUT2D eigenvalue weighted by Gasteiger charge is 2.16. The van der Waals surface area contributed by atoms with Gasteiger partial charge in [0.15, 0.2) is 5.78 Å². The zero-order valence-electron chi connectivity index (χ0n) is 10.2. The minimum atomic E-state index is -1.01. The van der Waals surface area contributed by atoms with Crippen LogP contribution in [0.5, 0.6) is 0 Å². The van der Waals surface area contributed by atoms with Crippen LogP contribution >= 0.6 is 24.8 Å². The zero-order chi connectivity index (χ0) is 14.3. The van der Waals surface area contributed by atoms with Crippen molar-refractivity contribution in [3.8, 4) is 0 Å². The second-order valence-electron chi connectivity index (χ2n) is 3.93. The molecule has 0 aliphatic heterocycles. The molecule has 1 atom stereocenters. The van der Waals surface area contributed by atoms with Gasteiger partial charge in [0, 0.05) is 24.2 Å². The first-order valence-corrected chi connectivity index (χ1v) is 6.80. The molecule has 0 saturated carbocycles. The Hall–Kier alpha value is -1.40. The summed E-state index contributed by atoms with van der Waals surface area (Å²) in [6.45, 7) is 0. The number of ketones is 1. The van der Waals surface area contributed by atoms with Gasteiger partial charge in [0.25, 0.3) is 0 Å². The van der Waals surface area contributed by atoms with E-state index in [1.54, 1.807) is 24.3 Å². The van der Waals surface area contributed by atoms with E-state index in [2.05, 4.69) is 17.9 Å². The predicted molar refractivity (Wildman–Crippen MR) is 81.0 cm³/mol. The Labute approximate surface area is 122 Å². The third kappa shape index (κ3) is 5.40. The molecule has 4 nitrogen and oxygen atoms in total. The molecule has 0 spiro atoms. The minimum Gasteiger partial charge on any atom is -0.480 e. The Morgan fingerprint density at radius 3 is 2.42 bits per heavy atom. The largest absolute Gasteiger partial charge is 0.480 e. The van der Waals surface area contributed by atoms with Crippen LogP contribution in [0, 0.1) is 0 Å². The molecule has 0 radical (unpaired) electrons. The van der Waals surface area contributed by atoms with Crippen LogP contribution in [0.4, 0.5) is 0 Å². The van der Waals surface area contributed by atoms with E-state index >= 15 is 0 Å². The van der Waals surface area contributed by atoms with Gasteiger partial charge < -0.3 is 10.4 Å². The van der Waals surface area contributed by atoms with Gasteiger partial charge in [0.2, 0.25) is 0 Å². The number of carboxylic acids is 1. The Bertz CT molecular complexity index is 462. The quantitative estimate of drug-likeness (QED) is 0.408. The molecule has 0 aromatic heterocycles. The van der Waals surface area contributed by atoms with E-state index in [9.17, 15) is 9.59 Å². The van der Waals surface area contributed by atoms with Crippen molar-refractivity contribution in [2.45, 2.75) is 18.9 Å². The Kier molecular flexibility index (Phi) is 6.52. The van der Waals surface area contributed by atoms with E-state index in [4.69, 9.17) is 17.3 Å². The summed E-state index contributed by atoms with van der Waals surface area (Å²) < 4.78 is 0. The highest BCUT2D eigenvalue weighted by Crippen LogP contribution is 2.05. The van der Waals surface area contributed by atoms with Crippen LogP contribution in [-0.2, 0) is 4.79 Å². The van der Waals surface area contributed by atoms with E-state index in [1.165, 1.54) is 0 Å². The van der Waals surface area contributed by atoms with Gasteiger partial charge in [-0.2, -0.15) is 12.6 Å². The maximum Gasteiger partial charge on any atom is 0.326 e. The molecule has 0 amide bonds. The summed E-state index contributed by atoms with van der Waals surface area (Å²) in [6, 6.07) is 8.10. The fourth-order valence-corrected chi connectivity index (χ4v) is 1.94. The third-order valence-corrected chi connectivity index (χ3v) is 3.18. The summed E-state index contributed by atoms with van der Waals surface area (Å²) in [6.07, 6.45) is 0.593. The number of nitrogens with one attached hydrogen (secondary N) is 1. The Morgan fingerprint density at radius 1 is 1.26 bits per heavy atom. The molecule has 19 heavy (non-hydrogen) atoms. The molecule has 6 heteroatoms. The lowest BCUT2D eigenvalue weighted by Crippen LogP contribution is -2.41. The lowest BCUT2D eigenvalue weighted by molar-refractivity contribution is -0.138. The molecule has 0 saturated heterocycles. The SMILES string of the molecule is O=C(CCC(=S)N[C@@H](CS)C(=O)O)c1ccccc1. The zero-order valence-corrected chi connectivity index (χ0v) is 11.9. The van der Waals surface area contributed by atoms with Crippen molar-refractivity contribution < 1.29 is 14.7 Å². The van der Waals surface area contributed by atoms with E-state index in [-0.39, 0.29) is 18.0 Å². The molecule has 0 aliphatic carbocycles. The topological polar surface area (TPSA) is 66.4 Å². The number of aliphatic carboxylic acids is 1. The van der Waals surface area contributed by atoms with Crippen LogP contribution < -0.4 is 5.32 Å². The number of carboxylic acid groups (broad SMARTS) is 1. The predicted octanol–water partition coefficient (Wildman–Crippen LogP) is 1.95. The van der Waals surface area contributed by atoms with E-state index in [0.29, 0.717) is 17.0 Å². The van der Waals surface area contributed by atoms with Crippen LogP contribution in [-0.4, -0.2) is 33.6 Å². The van der Waals surface area contributed by atoms with Crippen molar-refractivity contribution in [3.63, 3.8) is 0 Å². The highest BCUT2D eigenvalue weighted by atomic mass is 32.1. The minimum absolute atomic E-state index is 0.0116. The van der Waals surface area contributed by atoms with Crippen molar-refractivity contribution in [2.75, 3.05) is 5.75 Å². The first-order chi connectivity index (χ1) is 9.04. The molecule has 1 aromatic rings. The second kappa shape index (κ2) is 7.91. The second-order valence-corrected chi connectivity index (χ2v) is 4.79. The number of hydrogen-bond acceptors (Lipinski definition) is 4. The van der Waals surface area contributed by atoms with Gasteiger partial charge in [-0.05, 0) is 0 Å². The molecule has 0 fully saturated rings. The van der Waals surface area contributed by atoms with Crippen LogP contribution in [0.1, 0.15) is 23.2 Å². The summed E-state index contributed by atoms with van der Waals surface area (Å²) in [4.78, 5) is 23.0.